The number of benzene rings is 5. The Morgan fingerprint density at radius 3 is 1.42 bits per heavy atom. The summed E-state index contributed by atoms with van der Waals surface area (Å²) in [6.45, 7) is 0. The topological polar surface area (TPSA) is 182 Å². The number of ether oxygens (including phenoxy) is 2. The summed E-state index contributed by atoms with van der Waals surface area (Å²) < 4.78 is 10.4. The zero-order valence-electron chi connectivity index (χ0n) is 42.7. The first kappa shape index (κ1) is 60.8. The number of hydrogen-bond acceptors (Lipinski definition) is 10. The van der Waals surface area contributed by atoms with Crippen molar-refractivity contribution in [2.24, 2.45) is 0 Å². The maximum absolute atomic E-state index is 11.7. The largest absolute Gasteiger partial charge is 0.508 e. The molecule has 72 heavy (non-hydrogen) atoms. The molecule has 0 heterocycles. The number of methoxy groups -OCH3 is 2. The predicted molar refractivity (Wildman–Crippen MR) is 284 cm³/mol. The maximum atomic E-state index is 11.7. The Kier molecular flexibility index (Phi) is 26.3. The fourth-order valence-corrected chi connectivity index (χ4v) is 10.1. The van der Waals surface area contributed by atoms with Gasteiger partial charge in [0.2, 0.25) is 0 Å². The van der Waals surface area contributed by atoms with E-state index < -0.39 is 9.85 Å². The summed E-state index contributed by atoms with van der Waals surface area (Å²) in [5.41, 5.74) is 11.4. The Labute approximate surface area is 445 Å². The van der Waals surface area contributed by atoms with Crippen LogP contribution in [0.3, 0.4) is 0 Å². The van der Waals surface area contributed by atoms with Crippen LogP contribution in [0, 0.1) is 27.7 Å². The van der Waals surface area contributed by atoms with Crippen LogP contribution in [0.1, 0.15) is 157 Å². The third-order valence-electron chi connectivity index (χ3n) is 13.9. The van der Waals surface area contributed by atoms with Gasteiger partial charge in [0.15, 0.2) is 17.3 Å². The van der Waals surface area contributed by atoms with Crippen LogP contribution in [0.15, 0.2) is 78.9 Å². The van der Waals surface area contributed by atoms with Crippen LogP contribution in [-0.4, -0.2) is 45.2 Å². The van der Waals surface area contributed by atoms with Gasteiger partial charge in [-0.3, -0.25) is 25.0 Å². The van der Waals surface area contributed by atoms with Gasteiger partial charge >= 0.3 is 11.4 Å². The number of ketones is 1. The number of phenols is 3. The first-order chi connectivity index (χ1) is 33.4. The van der Waals surface area contributed by atoms with Crippen LogP contribution in [0.4, 0.5) is 11.4 Å². The van der Waals surface area contributed by atoms with Crippen LogP contribution in [0.5, 0.6) is 28.7 Å². The number of fused-ring (bicyclic) bond motifs is 5. The van der Waals surface area contributed by atoms with Crippen molar-refractivity contribution in [2.45, 2.75) is 154 Å². The fraction of sp³-hybridized carbons (Fsp3) is 0.448. The minimum atomic E-state index is -0.527. The summed E-state index contributed by atoms with van der Waals surface area (Å²) in [5.74, 6) is 2.12. The molecule has 0 fully saturated rings. The molecule has 0 saturated carbocycles. The third kappa shape index (κ3) is 17.6. The van der Waals surface area contributed by atoms with Crippen molar-refractivity contribution in [1.82, 2.24) is 0 Å². The zero-order chi connectivity index (χ0) is 49.1. The van der Waals surface area contributed by atoms with Crippen LogP contribution < -0.4 is 9.47 Å². The number of aryl methyl sites for hydroxylation is 8. The first-order valence-electron chi connectivity index (χ1n) is 25.1. The third-order valence-corrected chi connectivity index (χ3v) is 13.9. The average molecular weight is 1060 g/mol. The Bertz CT molecular complexity index is 2550. The molecule has 5 aromatic rings. The van der Waals surface area contributed by atoms with E-state index in [0.717, 1.165) is 128 Å². The molecule has 5 aliphatic carbocycles. The van der Waals surface area contributed by atoms with Gasteiger partial charge in [0.1, 0.15) is 17.2 Å². The van der Waals surface area contributed by atoms with Crippen molar-refractivity contribution in [3.8, 4) is 28.7 Å². The second kappa shape index (κ2) is 31.2. The number of nitro benzene ring substituents is 2. The predicted octanol–water partition coefficient (Wildman–Crippen LogP) is 14.2. The fourth-order valence-electron chi connectivity index (χ4n) is 10.1. The van der Waals surface area contributed by atoms with Gasteiger partial charge in [0.25, 0.3) is 0 Å². The van der Waals surface area contributed by atoms with Crippen LogP contribution >= 0.6 is 12.4 Å². The van der Waals surface area contributed by atoms with Gasteiger partial charge < -0.3 is 32.2 Å². The second-order valence-electron chi connectivity index (χ2n) is 18.7. The number of aromatic hydroxyl groups is 3. The Balaban J connectivity index is 0.000000236. The molecule has 0 atom stereocenters. The van der Waals surface area contributed by atoms with Crippen LogP contribution in [0.25, 0.3) is 0 Å². The quantitative estimate of drug-likeness (QED) is 0.0515. The number of nitro groups is 2. The molecule has 12 nitrogen and oxygen atoms in total. The van der Waals surface area contributed by atoms with Crippen molar-refractivity contribution < 1.29 is 58.9 Å². The molecule has 5 aliphatic rings. The molecule has 0 aliphatic heterocycles. The zero-order valence-corrected chi connectivity index (χ0v) is 46.5. The molecule has 0 spiro atoms. The van der Waals surface area contributed by atoms with Gasteiger partial charge in [0, 0.05) is 43.1 Å². The van der Waals surface area contributed by atoms with E-state index in [9.17, 15) is 40.3 Å². The first-order valence-corrected chi connectivity index (χ1v) is 25.1. The maximum Gasteiger partial charge on any atom is 0.314 e. The van der Waals surface area contributed by atoms with Crippen LogP contribution in [-0.2, 0) is 77.3 Å². The van der Waals surface area contributed by atoms with Crippen molar-refractivity contribution in [2.75, 3.05) is 14.2 Å². The molecule has 0 radical (unpaired) electrons. The summed E-state index contributed by atoms with van der Waals surface area (Å²) >= 11 is 0. The Morgan fingerprint density at radius 2 is 0.861 bits per heavy atom. The van der Waals surface area contributed by atoms with Gasteiger partial charge in [-0.15, -0.1) is 12.4 Å². The molecule has 10 rings (SSSR count). The van der Waals surface area contributed by atoms with E-state index in [4.69, 9.17) is 9.47 Å². The number of Topliss-reactive ketones (excluding diaryl/α,β-unsaturated/α-hetero) is 1. The van der Waals surface area contributed by atoms with E-state index in [1.165, 1.54) is 92.2 Å². The Hall–Kier alpha value is -5.52. The molecule has 0 amide bonds. The monoisotopic (exact) mass is 1060 g/mol. The summed E-state index contributed by atoms with van der Waals surface area (Å²) in [4.78, 5) is 32.2. The standard InChI is InChI=1S/C12H14O2.C12H16O.2C11H13NO3.C11H14O.CH3.ClH.Zn/c1-14-10-6-7-11-9(8-10)4-2-3-5-12(11)13;1-13-12-8-7-10-5-3-2-4-6-11(10)9-12;13-11-7-9-5-3-1-2-4-8(9)6-10(11)12(14)15;13-10-7-6-8-4-2-1-3-5-9(8)11(10)12(14)15;12-11-7-6-9-4-2-1-3-5-10(9)8-11;;;/h6-8H,2-5H2,1H3;7-9H,2-6H2,1H3;2*6-7,13H,1-5H2;6-8,12H,1-5H2;1H3;1H;/q;;;;;-1;;. The molecule has 0 bridgehead atoms. The van der Waals surface area contributed by atoms with Gasteiger partial charge in [-0.1, -0.05) is 43.9 Å². The smallest absolute Gasteiger partial charge is 0.314 e. The molecular formula is C58H74ClN2O10Zn-. The van der Waals surface area contributed by atoms with E-state index in [0.29, 0.717) is 18.6 Å². The molecule has 14 heteroatoms. The van der Waals surface area contributed by atoms with E-state index in [-0.39, 0.29) is 68.0 Å². The molecular weight excluding hydrogens is 985 g/mol. The van der Waals surface area contributed by atoms with E-state index in [2.05, 4.69) is 24.3 Å². The Morgan fingerprint density at radius 1 is 0.444 bits per heavy atom. The van der Waals surface area contributed by atoms with Crippen molar-refractivity contribution in [1.29, 1.82) is 0 Å². The summed E-state index contributed by atoms with van der Waals surface area (Å²) in [5, 5.41) is 49.7. The van der Waals surface area contributed by atoms with E-state index >= 15 is 0 Å². The number of nitrogens with zero attached hydrogens (tertiary/aromatic N) is 2. The molecule has 3 N–H and O–H groups in total. The average Bonchev–Trinajstić information content (AvgIpc) is 3.97. The van der Waals surface area contributed by atoms with E-state index in [1.807, 2.05) is 30.3 Å². The summed E-state index contributed by atoms with van der Waals surface area (Å²) in [6, 6.07) is 24.3. The SMILES string of the molecule is COc1ccc2c(c1)CCCCC2.COc1ccc2c(c1)CCCCC2=O.Cl.O=[N+]([O-])c1c(O)ccc2c1CCCCC2.O=[N+]([O-])c1cc2c(cc1O)CCCCC2.Oc1ccc2c(c1)CCCCC2.[CH3-].[Zn]. The number of phenolic OH excluding ortho intramolecular Hbond substituents is 3. The number of hydrogen-bond donors (Lipinski definition) is 3. The second-order valence-corrected chi connectivity index (χ2v) is 18.7. The number of carbonyl (C=O) groups is 1. The molecule has 0 aromatic heterocycles. The van der Waals surface area contributed by atoms with Gasteiger partial charge in [-0.05, 0) is 221 Å². The van der Waals surface area contributed by atoms with Gasteiger partial charge in [0.05, 0.1) is 24.1 Å². The normalized spacial score (nSPS) is 15.2. The van der Waals surface area contributed by atoms with Gasteiger partial charge in [-0.2, -0.15) is 0 Å². The molecule has 386 valence electrons. The van der Waals surface area contributed by atoms with Crippen molar-refractivity contribution in [3.63, 3.8) is 0 Å². The molecule has 0 unspecified atom stereocenters. The van der Waals surface area contributed by atoms with Gasteiger partial charge in [-0.25, -0.2) is 0 Å². The molecule has 0 saturated heterocycles. The van der Waals surface area contributed by atoms with Crippen molar-refractivity contribution in [3.05, 3.63) is 162 Å². The summed E-state index contributed by atoms with van der Waals surface area (Å²) in [6.07, 6.45) is 26.5. The number of halogens is 1. The minimum Gasteiger partial charge on any atom is -0.508 e. The van der Waals surface area contributed by atoms with Crippen molar-refractivity contribution >= 4 is 29.6 Å². The number of carbonyl (C=O) groups excluding carboxylic acids is 1. The number of rotatable bonds is 4. The minimum absolute atomic E-state index is 0. The van der Waals surface area contributed by atoms with Crippen LogP contribution in [0.2, 0.25) is 0 Å². The van der Waals surface area contributed by atoms with E-state index in [1.54, 1.807) is 26.4 Å². The molecule has 5 aromatic carbocycles. The summed E-state index contributed by atoms with van der Waals surface area (Å²) in [7, 11) is 3.39.